The van der Waals surface area contributed by atoms with Crippen LogP contribution in [0.2, 0.25) is 0 Å². The molecule has 4 rings (SSSR count). The summed E-state index contributed by atoms with van der Waals surface area (Å²) in [5.41, 5.74) is 5.44. The maximum atomic E-state index is 2.44. The second-order valence-corrected chi connectivity index (χ2v) is 5.22. The number of aromatic nitrogens is 2. The molecule has 0 atom stereocenters. The summed E-state index contributed by atoms with van der Waals surface area (Å²) in [6.07, 6.45) is 0. The van der Waals surface area contributed by atoms with Gasteiger partial charge in [0, 0.05) is 23.9 Å². The first-order chi connectivity index (χ1) is 11.9. The van der Waals surface area contributed by atoms with Crippen LogP contribution in [0, 0.1) is 0 Å². The first-order valence-electron chi connectivity index (χ1n) is 9.35. The van der Waals surface area contributed by atoms with Gasteiger partial charge in [-0.15, -0.1) is 0 Å². The van der Waals surface area contributed by atoms with Crippen LogP contribution >= 0.6 is 0 Å². The highest BCUT2D eigenvalue weighted by molar-refractivity contribution is 6.18. The van der Waals surface area contributed by atoms with Crippen molar-refractivity contribution in [3.8, 4) is 0 Å². The number of hydrogen-bond acceptors (Lipinski definition) is 0. The lowest BCUT2D eigenvalue weighted by Gasteiger charge is -2.04. The normalized spacial score (nSPS) is 10.4. The minimum atomic E-state index is 1.00. The molecule has 2 aromatic carbocycles. The summed E-state index contributed by atoms with van der Waals surface area (Å²) in [7, 11) is 0. The average molecular weight is 322 g/mol. The Morgan fingerprint density at radius 1 is 0.583 bits per heavy atom. The lowest BCUT2D eigenvalue weighted by Crippen LogP contribution is -1.92. The molecule has 2 nitrogen and oxygen atoms in total. The van der Waals surface area contributed by atoms with E-state index in [9.17, 15) is 0 Å². The highest BCUT2D eigenvalue weighted by Crippen LogP contribution is 2.36. The summed E-state index contributed by atoms with van der Waals surface area (Å²) in [5, 5.41) is 2.73. The molecule has 2 heterocycles. The molecule has 0 unspecified atom stereocenters. The molecule has 0 spiro atoms. The molecule has 0 saturated carbocycles. The lowest BCUT2D eigenvalue weighted by atomic mass is 10.2. The number of nitrogens with zero attached hydrogens (tertiary/aromatic N) is 2. The number of aryl methyl sites for hydroxylation is 2. The van der Waals surface area contributed by atoms with Crippen LogP contribution in [0.4, 0.5) is 0 Å². The predicted molar refractivity (Wildman–Crippen MR) is 109 cm³/mol. The number of para-hydroxylation sites is 2. The summed E-state index contributed by atoms with van der Waals surface area (Å²) in [6, 6.07) is 17.5. The molecule has 0 radical (unpaired) electrons. The third kappa shape index (κ3) is 2.60. The summed E-state index contributed by atoms with van der Waals surface area (Å²) in [5.74, 6) is 0. The minimum absolute atomic E-state index is 1.00. The van der Waals surface area contributed by atoms with Gasteiger partial charge in [0.15, 0.2) is 0 Å². The van der Waals surface area contributed by atoms with Crippen molar-refractivity contribution in [3.63, 3.8) is 0 Å². The fourth-order valence-corrected chi connectivity index (χ4v) is 3.52. The Kier molecular flexibility index (Phi) is 6.08. The Bertz CT molecular complexity index is 848. The van der Waals surface area contributed by atoms with E-state index in [1.54, 1.807) is 0 Å². The smallest absolute Gasteiger partial charge is 0.0753 e. The number of benzene rings is 2. The summed E-state index contributed by atoms with van der Waals surface area (Å²) in [4.78, 5) is 0. The Hall–Kier alpha value is -2.22. The Morgan fingerprint density at radius 2 is 0.917 bits per heavy atom. The molecule has 0 aliphatic carbocycles. The third-order valence-corrected chi connectivity index (χ3v) is 4.30. The van der Waals surface area contributed by atoms with Crippen LogP contribution in [-0.2, 0) is 13.1 Å². The van der Waals surface area contributed by atoms with Crippen LogP contribution in [0.1, 0.15) is 41.5 Å². The van der Waals surface area contributed by atoms with Gasteiger partial charge >= 0.3 is 0 Å². The second-order valence-electron chi connectivity index (χ2n) is 5.22. The highest BCUT2D eigenvalue weighted by atomic mass is 15.1. The van der Waals surface area contributed by atoms with Gasteiger partial charge in [0.25, 0.3) is 0 Å². The van der Waals surface area contributed by atoms with Gasteiger partial charge in [0.1, 0.15) is 0 Å². The van der Waals surface area contributed by atoms with Gasteiger partial charge in [-0.1, -0.05) is 64.1 Å². The first kappa shape index (κ1) is 18.1. The zero-order valence-electron chi connectivity index (χ0n) is 15.9. The summed E-state index contributed by atoms with van der Waals surface area (Å²) in [6.45, 7) is 14.5. The molecule has 0 fully saturated rings. The van der Waals surface area contributed by atoms with Crippen molar-refractivity contribution in [3.05, 3.63) is 48.5 Å². The van der Waals surface area contributed by atoms with Gasteiger partial charge in [0.2, 0.25) is 0 Å². The van der Waals surface area contributed by atoms with Crippen molar-refractivity contribution < 1.29 is 0 Å². The van der Waals surface area contributed by atoms with Crippen molar-refractivity contribution in [1.29, 1.82) is 0 Å². The van der Waals surface area contributed by atoms with E-state index in [4.69, 9.17) is 0 Å². The average Bonchev–Trinajstić information content (AvgIpc) is 3.17. The monoisotopic (exact) mass is 322 g/mol. The Balaban J connectivity index is 0.000000487. The fraction of sp³-hybridized carbons (Fsp3) is 0.364. The van der Waals surface area contributed by atoms with E-state index in [2.05, 4.69) is 71.5 Å². The zero-order chi connectivity index (χ0) is 17.7. The summed E-state index contributed by atoms with van der Waals surface area (Å²) < 4.78 is 4.89. The van der Waals surface area contributed by atoms with Gasteiger partial charge < -0.3 is 9.13 Å². The Labute approximate surface area is 145 Å². The second kappa shape index (κ2) is 8.05. The summed E-state index contributed by atoms with van der Waals surface area (Å²) >= 11 is 0. The standard InChI is InChI=1S/C18H18N2.2C2H6/c1-3-19-15-11-7-5-9-13(15)18-17(19)14-10-6-8-12-16(14)20(18)4-2;2*1-2/h5-12H,3-4H2,1-2H3;2*1-2H3. The van der Waals surface area contributed by atoms with E-state index in [0.29, 0.717) is 0 Å². The van der Waals surface area contributed by atoms with Gasteiger partial charge in [-0.25, -0.2) is 0 Å². The molecule has 0 saturated heterocycles. The highest BCUT2D eigenvalue weighted by Gasteiger charge is 2.17. The molecule has 0 aliphatic rings. The largest absolute Gasteiger partial charge is 0.339 e. The van der Waals surface area contributed by atoms with Crippen molar-refractivity contribution in [2.75, 3.05) is 0 Å². The zero-order valence-corrected chi connectivity index (χ0v) is 15.9. The van der Waals surface area contributed by atoms with E-state index in [-0.39, 0.29) is 0 Å². The van der Waals surface area contributed by atoms with E-state index < -0.39 is 0 Å². The topological polar surface area (TPSA) is 9.86 Å². The molecule has 24 heavy (non-hydrogen) atoms. The van der Waals surface area contributed by atoms with Gasteiger partial charge in [-0.2, -0.15) is 0 Å². The van der Waals surface area contributed by atoms with Crippen LogP contribution in [0.25, 0.3) is 32.8 Å². The predicted octanol–water partition coefficient (Wildman–Crippen LogP) is 6.84. The number of hydrogen-bond donors (Lipinski definition) is 0. The molecular weight excluding hydrogens is 292 g/mol. The van der Waals surface area contributed by atoms with Crippen molar-refractivity contribution in [2.45, 2.75) is 54.6 Å². The number of rotatable bonds is 2. The molecule has 0 N–H and O–H groups in total. The SMILES string of the molecule is CC.CC.CCn1c2ccccc2c2c1c1ccccc1n2CC. The van der Waals surface area contributed by atoms with Crippen LogP contribution in [0.3, 0.4) is 0 Å². The van der Waals surface area contributed by atoms with Crippen LogP contribution in [0.15, 0.2) is 48.5 Å². The quantitative estimate of drug-likeness (QED) is 0.382. The molecule has 0 bridgehead atoms. The van der Waals surface area contributed by atoms with Gasteiger partial charge in [-0.3, -0.25) is 0 Å². The first-order valence-corrected chi connectivity index (χ1v) is 9.35. The molecule has 4 aromatic rings. The van der Waals surface area contributed by atoms with Crippen LogP contribution < -0.4 is 0 Å². The van der Waals surface area contributed by atoms with Gasteiger partial charge in [0.05, 0.1) is 22.1 Å². The molecule has 0 aliphatic heterocycles. The van der Waals surface area contributed by atoms with Crippen molar-refractivity contribution in [2.24, 2.45) is 0 Å². The van der Waals surface area contributed by atoms with Gasteiger partial charge in [-0.05, 0) is 26.0 Å². The van der Waals surface area contributed by atoms with Crippen LogP contribution in [-0.4, -0.2) is 9.13 Å². The Morgan fingerprint density at radius 3 is 1.25 bits per heavy atom. The molecule has 0 amide bonds. The molecular formula is C22H30N2. The molecule has 2 aromatic heterocycles. The van der Waals surface area contributed by atoms with Crippen molar-refractivity contribution >= 4 is 32.8 Å². The molecule has 128 valence electrons. The van der Waals surface area contributed by atoms with E-state index in [1.165, 1.54) is 32.8 Å². The maximum absolute atomic E-state index is 2.44. The van der Waals surface area contributed by atoms with E-state index in [1.807, 2.05) is 27.7 Å². The third-order valence-electron chi connectivity index (χ3n) is 4.30. The minimum Gasteiger partial charge on any atom is -0.339 e. The number of fused-ring (bicyclic) bond motifs is 5. The maximum Gasteiger partial charge on any atom is 0.0753 e. The lowest BCUT2D eigenvalue weighted by molar-refractivity contribution is 0.820. The fourth-order valence-electron chi connectivity index (χ4n) is 3.52. The van der Waals surface area contributed by atoms with Crippen LogP contribution in [0.5, 0.6) is 0 Å². The molecule has 2 heteroatoms. The van der Waals surface area contributed by atoms with Crippen molar-refractivity contribution in [1.82, 2.24) is 9.13 Å². The van der Waals surface area contributed by atoms with E-state index >= 15 is 0 Å². The van der Waals surface area contributed by atoms with E-state index in [0.717, 1.165) is 13.1 Å².